The van der Waals surface area contributed by atoms with E-state index in [4.69, 9.17) is 5.14 Å². The van der Waals surface area contributed by atoms with Crippen LogP contribution in [0.3, 0.4) is 0 Å². The molecule has 2 nitrogen and oxygen atoms in total. The molecule has 4 heteroatoms. The van der Waals surface area contributed by atoms with E-state index >= 15 is 0 Å². The van der Waals surface area contributed by atoms with Crippen LogP contribution in [0.1, 0.15) is 19.4 Å². The van der Waals surface area contributed by atoms with E-state index in [1.807, 2.05) is 0 Å². The maximum absolute atomic E-state index is 13.5. The normalized spacial score (nSPS) is 11.8. The van der Waals surface area contributed by atoms with Crippen molar-refractivity contribution in [1.29, 1.82) is 0 Å². The quantitative estimate of drug-likeness (QED) is 0.719. The van der Waals surface area contributed by atoms with E-state index in [1.54, 1.807) is 18.2 Å². The van der Waals surface area contributed by atoms with Gasteiger partial charge >= 0.3 is 0 Å². The molecule has 13 heavy (non-hydrogen) atoms. The molecule has 0 radical (unpaired) electrons. The zero-order chi connectivity index (χ0) is 10.1. The van der Waals surface area contributed by atoms with Gasteiger partial charge in [-0.2, -0.15) is 0 Å². The molecule has 72 valence electrons. The summed E-state index contributed by atoms with van der Waals surface area (Å²) < 4.78 is 13.5. The first kappa shape index (κ1) is 10.5. The lowest BCUT2D eigenvalue weighted by Crippen LogP contribution is -2.17. The Labute approximate surface area is 81.1 Å². The highest BCUT2D eigenvalue weighted by atomic mass is 32.2. The minimum absolute atomic E-state index is 0.267. The molecule has 0 aliphatic rings. The van der Waals surface area contributed by atoms with E-state index in [-0.39, 0.29) is 5.56 Å². The van der Waals surface area contributed by atoms with Crippen molar-refractivity contribution in [3.63, 3.8) is 0 Å². The van der Waals surface area contributed by atoms with E-state index in [2.05, 4.69) is 0 Å². The van der Waals surface area contributed by atoms with Crippen LogP contribution in [-0.4, -0.2) is 5.11 Å². The molecule has 1 rings (SSSR count). The smallest absolute Gasteiger partial charge is 0.144 e. The van der Waals surface area contributed by atoms with Crippen molar-refractivity contribution in [2.24, 2.45) is 5.14 Å². The standard InChI is InChI=1S/C9H12FNOS/c1-9(2,12)6-4-3-5-7(13-11)8(6)10/h3-5,12H,11H2,1-2H3. The summed E-state index contributed by atoms with van der Waals surface area (Å²) in [5, 5.41) is 14.9. The first-order valence-corrected chi connectivity index (χ1v) is 4.73. The highest BCUT2D eigenvalue weighted by Gasteiger charge is 2.21. The predicted octanol–water partition coefficient (Wildman–Crippen LogP) is 2.02. The van der Waals surface area contributed by atoms with Crippen LogP contribution >= 0.6 is 11.9 Å². The van der Waals surface area contributed by atoms with Gasteiger partial charge in [0.2, 0.25) is 0 Å². The van der Waals surface area contributed by atoms with E-state index in [0.717, 1.165) is 11.9 Å². The molecule has 0 aliphatic carbocycles. The first-order chi connectivity index (χ1) is 5.96. The Hall–Kier alpha value is -0.580. The predicted molar refractivity (Wildman–Crippen MR) is 51.7 cm³/mol. The maximum atomic E-state index is 13.5. The van der Waals surface area contributed by atoms with Crippen molar-refractivity contribution >= 4 is 11.9 Å². The molecular formula is C9H12FNOS. The average molecular weight is 201 g/mol. The molecule has 0 saturated heterocycles. The second kappa shape index (κ2) is 3.65. The highest BCUT2D eigenvalue weighted by molar-refractivity contribution is 7.97. The number of nitrogens with two attached hydrogens (primary N) is 1. The van der Waals surface area contributed by atoms with Crippen molar-refractivity contribution in [3.05, 3.63) is 29.6 Å². The van der Waals surface area contributed by atoms with Crippen molar-refractivity contribution in [1.82, 2.24) is 0 Å². The van der Waals surface area contributed by atoms with Gasteiger partial charge in [0.05, 0.1) is 10.5 Å². The third-order valence-corrected chi connectivity index (χ3v) is 2.32. The van der Waals surface area contributed by atoms with Gasteiger partial charge in [0, 0.05) is 5.56 Å². The van der Waals surface area contributed by atoms with E-state index in [9.17, 15) is 9.50 Å². The summed E-state index contributed by atoms with van der Waals surface area (Å²) in [5.41, 5.74) is -0.904. The Morgan fingerprint density at radius 1 is 1.46 bits per heavy atom. The molecule has 0 atom stereocenters. The summed E-state index contributed by atoms with van der Waals surface area (Å²) in [6, 6.07) is 4.80. The van der Waals surface area contributed by atoms with Crippen LogP contribution in [-0.2, 0) is 5.60 Å². The molecule has 0 heterocycles. The lowest BCUT2D eigenvalue weighted by molar-refractivity contribution is 0.0740. The summed E-state index contributed by atoms with van der Waals surface area (Å²) in [6.45, 7) is 3.08. The molecular weight excluding hydrogens is 189 g/mol. The van der Waals surface area contributed by atoms with Crippen LogP contribution in [0.25, 0.3) is 0 Å². The zero-order valence-corrected chi connectivity index (χ0v) is 8.36. The number of hydrogen-bond donors (Lipinski definition) is 2. The van der Waals surface area contributed by atoms with Crippen molar-refractivity contribution in [2.75, 3.05) is 0 Å². The van der Waals surface area contributed by atoms with Gasteiger partial charge in [0.15, 0.2) is 0 Å². The number of hydrogen-bond acceptors (Lipinski definition) is 3. The van der Waals surface area contributed by atoms with Crippen molar-refractivity contribution in [2.45, 2.75) is 24.3 Å². The Morgan fingerprint density at radius 2 is 2.08 bits per heavy atom. The second-order valence-electron chi connectivity index (χ2n) is 3.29. The largest absolute Gasteiger partial charge is 0.386 e. The van der Waals surface area contributed by atoms with Gasteiger partial charge in [0.1, 0.15) is 5.82 Å². The molecule has 0 aromatic heterocycles. The second-order valence-corrected chi connectivity index (χ2v) is 3.97. The topological polar surface area (TPSA) is 46.2 Å². The molecule has 0 bridgehead atoms. The SMILES string of the molecule is CC(C)(O)c1cccc(SN)c1F. The third kappa shape index (κ3) is 2.21. The van der Waals surface area contributed by atoms with E-state index in [1.165, 1.54) is 13.8 Å². The molecule has 0 saturated carbocycles. The Morgan fingerprint density at radius 3 is 2.54 bits per heavy atom. The summed E-state index contributed by atoms with van der Waals surface area (Å²) in [7, 11) is 0. The van der Waals surface area contributed by atoms with Crippen molar-refractivity contribution < 1.29 is 9.50 Å². The van der Waals surface area contributed by atoms with Crippen LogP contribution in [0.2, 0.25) is 0 Å². The van der Waals surface area contributed by atoms with Gasteiger partial charge in [-0.3, -0.25) is 5.14 Å². The molecule has 0 unspecified atom stereocenters. The Bertz CT molecular complexity index is 309. The van der Waals surface area contributed by atoms with Crippen LogP contribution in [0.5, 0.6) is 0 Å². The molecule has 0 fully saturated rings. The van der Waals surface area contributed by atoms with E-state index < -0.39 is 11.4 Å². The number of halogens is 1. The first-order valence-electron chi connectivity index (χ1n) is 3.85. The van der Waals surface area contributed by atoms with Gasteiger partial charge in [-0.05, 0) is 31.9 Å². The van der Waals surface area contributed by atoms with Gasteiger partial charge in [-0.1, -0.05) is 12.1 Å². The van der Waals surface area contributed by atoms with Crippen molar-refractivity contribution in [3.8, 4) is 0 Å². The number of benzene rings is 1. The van der Waals surface area contributed by atoms with Crippen LogP contribution in [0, 0.1) is 5.82 Å². The minimum atomic E-state index is -1.17. The lowest BCUT2D eigenvalue weighted by atomic mass is 9.98. The molecule has 3 N–H and O–H groups in total. The summed E-state index contributed by atoms with van der Waals surface area (Å²) >= 11 is 0.840. The summed E-state index contributed by atoms with van der Waals surface area (Å²) in [5.74, 6) is -0.442. The fourth-order valence-corrected chi connectivity index (χ4v) is 1.44. The van der Waals surface area contributed by atoms with Gasteiger partial charge < -0.3 is 5.11 Å². The van der Waals surface area contributed by atoms with Crippen LogP contribution < -0.4 is 5.14 Å². The Kier molecular flexibility index (Phi) is 2.95. The molecule has 1 aromatic carbocycles. The van der Waals surface area contributed by atoms with Gasteiger partial charge in [0.25, 0.3) is 0 Å². The van der Waals surface area contributed by atoms with Crippen LogP contribution in [0.15, 0.2) is 23.1 Å². The highest BCUT2D eigenvalue weighted by Crippen LogP contribution is 2.27. The average Bonchev–Trinajstić information content (AvgIpc) is 2.02. The maximum Gasteiger partial charge on any atom is 0.144 e. The van der Waals surface area contributed by atoms with E-state index in [0.29, 0.717) is 4.90 Å². The van der Waals surface area contributed by atoms with Crippen LogP contribution in [0.4, 0.5) is 4.39 Å². The van der Waals surface area contributed by atoms with Gasteiger partial charge in [-0.15, -0.1) is 0 Å². The zero-order valence-electron chi connectivity index (χ0n) is 7.54. The fraction of sp³-hybridized carbons (Fsp3) is 0.333. The molecule has 0 spiro atoms. The van der Waals surface area contributed by atoms with Gasteiger partial charge in [-0.25, -0.2) is 4.39 Å². The molecule has 0 amide bonds. The number of rotatable bonds is 2. The summed E-state index contributed by atoms with van der Waals surface area (Å²) in [6.07, 6.45) is 0. The monoisotopic (exact) mass is 201 g/mol. The Balaban J connectivity index is 3.24. The number of aliphatic hydroxyl groups is 1. The third-order valence-electron chi connectivity index (χ3n) is 1.75. The summed E-state index contributed by atoms with van der Waals surface area (Å²) in [4.78, 5) is 0.347. The fourth-order valence-electron chi connectivity index (χ4n) is 1.07. The lowest BCUT2D eigenvalue weighted by Gasteiger charge is -2.19. The minimum Gasteiger partial charge on any atom is -0.386 e. The molecule has 1 aromatic rings. The molecule has 0 aliphatic heterocycles.